The van der Waals surface area contributed by atoms with E-state index >= 15 is 0 Å². The van der Waals surface area contributed by atoms with Gasteiger partial charge in [0.15, 0.2) is 22.5 Å². The molecule has 0 bridgehead atoms. The molecule has 0 aliphatic rings. The molecule has 0 N–H and O–H groups in total. The number of para-hydroxylation sites is 1. The molecule has 0 fully saturated rings. The molecule has 0 aliphatic carbocycles. The summed E-state index contributed by atoms with van der Waals surface area (Å²) in [6.45, 7) is 0. The van der Waals surface area contributed by atoms with Gasteiger partial charge in [0.25, 0.3) is 0 Å². The van der Waals surface area contributed by atoms with E-state index in [4.69, 9.17) is 21.1 Å². The van der Waals surface area contributed by atoms with Crippen LogP contribution >= 0.6 is 23.4 Å². The summed E-state index contributed by atoms with van der Waals surface area (Å²) in [5, 5.41) is 10.5. The van der Waals surface area contributed by atoms with E-state index in [1.54, 1.807) is 26.0 Å². The number of hydrogen-bond acceptors (Lipinski definition) is 5. The summed E-state index contributed by atoms with van der Waals surface area (Å²) >= 11 is 7.62. The van der Waals surface area contributed by atoms with E-state index in [-0.39, 0.29) is 0 Å². The molecule has 4 aromatic rings. The Kier molecular flexibility index (Phi) is 6.26. The van der Waals surface area contributed by atoms with Crippen LogP contribution in [0.5, 0.6) is 11.5 Å². The molecule has 0 radical (unpaired) electrons. The van der Waals surface area contributed by atoms with Crippen molar-refractivity contribution in [3.63, 3.8) is 0 Å². The molecule has 0 atom stereocenters. The van der Waals surface area contributed by atoms with E-state index in [1.165, 1.54) is 5.56 Å². The Morgan fingerprint density at radius 1 is 0.867 bits per heavy atom. The van der Waals surface area contributed by atoms with Gasteiger partial charge in [-0.3, -0.25) is 4.57 Å². The van der Waals surface area contributed by atoms with Crippen LogP contribution in [0.3, 0.4) is 0 Å². The van der Waals surface area contributed by atoms with Gasteiger partial charge in [0.1, 0.15) is 0 Å². The van der Waals surface area contributed by atoms with E-state index in [0.29, 0.717) is 11.5 Å². The standard InChI is InChI=1S/C23H20ClN3O2S/c1-28-20-13-10-17(14-21(20)29-2)22-25-26-23(27(22)19-6-4-3-5-7-19)30-15-16-8-11-18(24)12-9-16/h3-14H,15H2,1-2H3. The van der Waals surface area contributed by atoms with Crippen molar-refractivity contribution < 1.29 is 9.47 Å². The molecule has 0 unspecified atom stereocenters. The summed E-state index contributed by atoms with van der Waals surface area (Å²) in [6, 6.07) is 23.7. The zero-order chi connectivity index (χ0) is 20.9. The van der Waals surface area contributed by atoms with Gasteiger partial charge in [-0.15, -0.1) is 10.2 Å². The van der Waals surface area contributed by atoms with Crippen LogP contribution in [-0.4, -0.2) is 29.0 Å². The minimum atomic E-state index is 0.646. The van der Waals surface area contributed by atoms with Gasteiger partial charge in [-0.05, 0) is 48.0 Å². The van der Waals surface area contributed by atoms with Gasteiger partial charge in [0, 0.05) is 22.0 Å². The average molecular weight is 438 g/mol. The fourth-order valence-electron chi connectivity index (χ4n) is 3.06. The number of halogens is 1. The Bertz CT molecular complexity index is 1130. The zero-order valence-corrected chi connectivity index (χ0v) is 18.2. The lowest BCUT2D eigenvalue weighted by molar-refractivity contribution is 0.355. The van der Waals surface area contributed by atoms with E-state index in [9.17, 15) is 0 Å². The summed E-state index contributed by atoms with van der Waals surface area (Å²) < 4.78 is 12.9. The molecular formula is C23H20ClN3O2S. The maximum atomic E-state index is 6.00. The summed E-state index contributed by atoms with van der Waals surface area (Å²) in [7, 11) is 3.24. The van der Waals surface area contributed by atoms with Crippen molar-refractivity contribution in [2.45, 2.75) is 10.9 Å². The normalized spacial score (nSPS) is 10.8. The number of aromatic nitrogens is 3. The van der Waals surface area contributed by atoms with E-state index < -0.39 is 0 Å². The lowest BCUT2D eigenvalue weighted by atomic mass is 10.2. The lowest BCUT2D eigenvalue weighted by Gasteiger charge is -2.12. The predicted molar refractivity (Wildman–Crippen MR) is 121 cm³/mol. The molecule has 152 valence electrons. The average Bonchev–Trinajstić information content (AvgIpc) is 3.22. The first-order valence-corrected chi connectivity index (χ1v) is 10.7. The maximum Gasteiger partial charge on any atom is 0.196 e. The molecule has 1 heterocycles. The minimum Gasteiger partial charge on any atom is -0.493 e. The minimum absolute atomic E-state index is 0.646. The number of methoxy groups -OCH3 is 2. The van der Waals surface area contributed by atoms with Gasteiger partial charge in [-0.25, -0.2) is 0 Å². The SMILES string of the molecule is COc1ccc(-c2nnc(SCc3ccc(Cl)cc3)n2-c2ccccc2)cc1OC. The fourth-order valence-corrected chi connectivity index (χ4v) is 4.10. The molecular weight excluding hydrogens is 418 g/mol. The molecule has 0 aliphatic heterocycles. The number of ether oxygens (including phenoxy) is 2. The largest absolute Gasteiger partial charge is 0.493 e. The smallest absolute Gasteiger partial charge is 0.196 e. The second kappa shape index (κ2) is 9.24. The molecule has 1 aromatic heterocycles. The van der Waals surface area contributed by atoms with Gasteiger partial charge in [-0.2, -0.15) is 0 Å². The lowest BCUT2D eigenvalue weighted by Crippen LogP contribution is -2.00. The van der Waals surface area contributed by atoms with Gasteiger partial charge >= 0.3 is 0 Å². The zero-order valence-electron chi connectivity index (χ0n) is 16.6. The van der Waals surface area contributed by atoms with Crippen LogP contribution in [0, 0.1) is 0 Å². The van der Waals surface area contributed by atoms with Gasteiger partial charge < -0.3 is 9.47 Å². The molecule has 5 nitrogen and oxygen atoms in total. The van der Waals surface area contributed by atoms with Gasteiger partial charge in [0.2, 0.25) is 0 Å². The van der Waals surface area contributed by atoms with Crippen LogP contribution in [0.15, 0.2) is 78.0 Å². The Hall–Kier alpha value is -2.96. The Morgan fingerprint density at radius 2 is 1.60 bits per heavy atom. The molecule has 4 rings (SSSR count). The number of thioether (sulfide) groups is 1. The van der Waals surface area contributed by atoms with E-state index in [1.807, 2.05) is 72.8 Å². The Balaban J connectivity index is 1.73. The Labute approximate surface area is 184 Å². The third-order valence-corrected chi connectivity index (χ3v) is 5.82. The number of benzene rings is 3. The highest BCUT2D eigenvalue weighted by molar-refractivity contribution is 7.98. The monoisotopic (exact) mass is 437 g/mol. The van der Waals surface area contributed by atoms with Crippen molar-refractivity contribution in [2.24, 2.45) is 0 Å². The van der Waals surface area contributed by atoms with Crippen molar-refractivity contribution >= 4 is 23.4 Å². The van der Waals surface area contributed by atoms with Crippen LogP contribution < -0.4 is 9.47 Å². The van der Waals surface area contributed by atoms with Crippen molar-refractivity contribution in [2.75, 3.05) is 14.2 Å². The first-order valence-electron chi connectivity index (χ1n) is 9.30. The number of rotatable bonds is 7. The molecule has 0 spiro atoms. The highest BCUT2D eigenvalue weighted by Crippen LogP contribution is 2.34. The number of hydrogen-bond donors (Lipinski definition) is 0. The van der Waals surface area contributed by atoms with Gasteiger partial charge in [0.05, 0.1) is 14.2 Å². The quantitative estimate of drug-likeness (QED) is 0.337. The van der Waals surface area contributed by atoms with E-state index in [0.717, 1.165) is 33.0 Å². The molecule has 0 saturated carbocycles. The second-order valence-electron chi connectivity index (χ2n) is 6.46. The first kappa shape index (κ1) is 20.3. The maximum absolute atomic E-state index is 6.00. The summed E-state index contributed by atoms with van der Waals surface area (Å²) in [5.74, 6) is 2.81. The third kappa shape index (κ3) is 4.30. The molecule has 0 amide bonds. The second-order valence-corrected chi connectivity index (χ2v) is 7.84. The third-order valence-electron chi connectivity index (χ3n) is 4.57. The molecule has 0 saturated heterocycles. The van der Waals surface area contributed by atoms with Crippen molar-refractivity contribution in [1.82, 2.24) is 14.8 Å². The molecule has 7 heteroatoms. The van der Waals surface area contributed by atoms with E-state index in [2.05, 4.69) is 14.8 Å². The fraction of sp³-hybridized carbons (Fsp3) is 0.130. The van der Waals surface area contributed by atoms with Crippen LogP contribution in [0.2, 0.25) is 5.02 Å². The summed E-state index contributed by atoms with van der Waals surface area (Å²) in [5.41, 5.74) is 3.05. The summed E-state index contributed by atoms with van der Waals surface area (Å²) in [6.07, 6.45) is 0. The number of nitrogens with zero attached hydrogens (tertiary/aromatic N) is 3. The topological polar surface area (TPSA) is 49.2 Å². The van der Waals surface area contributed by atoms with Crippen LogP contribution in [0.25, 0.3) is 17.1 Å². The first-order chi connectivity index (χ1) is 14.7. The van der Waals surface area contributed by atoms with Crippen molar-refractivity contribution in [1.29, 1.82) is 0 Å². The van der Waals surface area contributed by atoms with Crippen LogP contribution in [0.1, 0.15) is 5.56 Å². The summed E-state index contributed by atoms with van der Waals surface area (Å²) in [4.78, 5) is 0. The van der Waals surface area contributed by atoms with Crippen molar-refractivity contribution in [3.05, 3.63) is 83.4 Å². The Morgan fingerprint density at radius 3 is 2.30 bits per heavy atom. The highest BCUT2D eigenvalue weighted by atomic mass is 35.5. The predicted octanol–water partition coefficient (Wildman–Crippen LogP) is 5.90. The van der Waals surface area contributed by atoms with Crippen LogP contribution in [-0.2, 0) is 5.75 Å². The van der Waals surface area contributed by atoms with Crippen LogP contribution in [0.4, 0.5) is 0 Å². The molecule has 3 aromatic carbocycles. The van der Waals surface area contributed by atoms with Gasteiger partial charge in [-0.1, -0.05) is 53.7 Å². The molecule has 30 heavy (non-hydrogen) atoms. The van der Waals surface area contributed by atoms with Crippen molar-refractivity contribution in [3.8, 4) is 28.6 Å². The highest BCUT2D eigenvalue weighted by Gasteiger charge is 2.18.